The second-order valence-electron chi connectivity index (χ2n) is 34.3. The maximum Gasteiger partial charge on any atom is 0.201 e. The predicted octanol–water partition coefficient (Wildman–Crippen LogP) is 27.7. The number of hydrogen-bond donors (Lipinski definition) is 7. The highest BCUT2D eigenvalue weighted by atomic mass is 79.9. The van der Waals surface area contributed by atoms with E-state index in [4.69, 9.17) is 42.8 Å². The summed E-state index contributed by atoms with van der Waals surface area (Å²) in [6.07, 6.45) is 11.5. The molecule has 0 amide bonds. The van der Waals surface area contributed by atoms with Gasteiger partial charge in [-0.05, 0) is 277 Å². The molecule has 0 bridgehead atoms. The third kappa shape index (κ3) is 27.9. The topological polar surface area (TPSA) is 335 Å². The number of hydrogen-bond acceptors (Lipinski definition) is 22. The van der Waals surface area contributed by atoms with Crippen LogP contribution in [-0.2, 0) is 19.8 Å². The lowest BCUT2D eigenvalue weighted by Crippen LogP contribution is -2.29. The van der Waals surface area contributed by atoms with E-state index in [0.717, 1.165) is 124 Å². The molecular weight excluding hydrogens is 2020 g/mol. The number of phenolic OH excluding ortho intramolecular Hbond substituents is 7. The number of anilines is 2. The summed E-state index contributed by atoms with van der Waals surface area (Å²) in [6.45, 7) is 17.7. The zero-order valence-corrected chi connectivity index (χ0v) is 85.0. The van der Waals surface area contributed by atoms with E-state index < -0.39 is 23.0 Å². The predicted molar refractivity (Wildman–Crippen MR) is 578 cm³/mol. The fourth-order valence-electron chi connectivity index (χ4n) is 15.7. The third-order valence-electron chi connectivity index (χ3n) is 24.0. The Morgan fingerprint density at radius 1 is 0.340 bits per heavy atom. The minimum atomic E-state index is -0.664. The number of phenols is 7. The Hall–Kier alpha value is -15.8. The summed E-state index contributed by atoms with van der Waals surface area (Å²) in [5.74, 6) is -0.143. The molecule has 0 unspecified atom stereocenters. The molecular formula is C119H107Br3N2O20. The summed E-state index contributed by atoms with van der Waals surface area (Å²) in [6, 6.07) is 92.2. The van der Waals surface area contributed by atoms with Crippen molar-refractivity contribution in [1.29, 1.82) is 0 Å². The molecule has 0 aliphatic carbocycles. The summed E-state index contributed by atoms with van der Waals surface area (Å²) >= 11 is 10.0. The van der Waals surface area contributed by atoms with Gasteiger partial charge in [0.2, 0.25) is 11.5 Å². The van der Waals surface area contributed by atoms with Crippen molar-refractivity contribution in [3.63, 3.8) is 0 Å². The van der Waals surface area contributed by atoms with E-state index in [2.05, 4.69) is 69.7 Å². The number of carbonyl (C=O) groups is 4. The van der Waals surface area contributed by atoms with Gasteiger partial charge in [0.1, 0.15) is 49.1 Å². The molecule has 17 aromatic rings. The van der Waals surface area contributed by atoms with Crippen LogP contribution in [0.1, 0.15) is 144 Å². The maximum atomic E-state index is 12.9. The molecule has 2 aliphatic rings. The van der Waals surface area contributed by atoms with Crippen LogP contribution in [0.5, 0.6) is 57.5 Å². The van der Waals surface area contributed by atoms with Crippen LogP contribution >= 0.6 is 47.8 Å². The number of benzene rings is 14. The molecule has 2 fully saturated rings. The number of ether oxygens (including phenoxy) is 3. The van der Waals surface area contributed by atoms with E-state index >= 15 is 0 Å². The second-order valence-corrected chi connectivity index (χ2v) is 37.0. The van der Waals surface area contributed by atoms with Gasteiger partial charge in [-0.15, -0.1) is 0 Å². The summed E-state index contributed by atoms with van der Waals surface area (Å²) in [5.41, 5.74) is 15.2. The normalized spacial score (nSPS) is 12.0. The quantitative estimate of drug-likeness (QED) is 0.0161. The molecule has 144 heavy (non-hydrogen) atoms. The second kappa shape index (κ2) is 50.5. The van der Waals surface area contributed by atoms with Crippen molar-refractivity contribution >= 4 is 122 Å². The lowest BCUT2D eigenvalue weighted by Gasteiger charge is -2.28. The number of Topliss-reactive ketones (excluding diaryl/α,β-unsaturated/α-hetero) is 2. The van der Waals surface area contributed by atoms with Gasteiger partial charge >= 0.3 is 0 Å². The number of piperidine rings is 2. The summed E-state index contributed by atoms with van der Waals surface area (Å²) in [4.78, 5) is 87.0. The zero-order valence-electron chi connectivity index (χ0n) is 80.3. The molecule has 14 aromatic carbocycles. The molecule has 0 spiro atoms. The smallest absolute Gasteiger partial charge is 0.201 e. The highest BCUT2D eigenvalue weighted by Gasteiger charge is 2.23. The highest BCUT2D eigenvalue weighted by Crippen LogP contribution is 2.41. The average Bonchev–Trinajstić information content (AvgIpc) is 0.778. The molecule has 5 heterocycles. The summed E-state index contributed by atoms with van der Waals surface area (Å²) in [7, 11) is 0. The first-order valence-electron chi connectivity index (χ1n) is 46.6. The van der Waals surface area contributed by atoms with Crippen molar-refractivity contribution in [1.82, 2.24) is 0 Å². The summed E-state index contributed by atoms with van der Waals surface area (Å²) in [5, 5.41) is 68.0. The van der Waals surface area contributed by atoms with Gasteiger partial charge in [0, 0.05) is 91.4 Å². The molecule has 7 N–H and O–H groups in total. The third-order valence-corrected chi connectivity index (χ3v) is 25.6. The molecule has 22 nitrogen and oxygen atoms in total. The Kier molecular flexibility index (Phi) is 37.0. The van der Waals surface area contributed by atoms with E-state index in [1.54, 1.807) is 55.5 Å². The van der Waals surface area contributed by atoms with Gasteiger partial charge in [-0.1, -0.05) is 206 Å². The van der Waals surface area contributed by atoms with Crippen LogP contribution in [0, 0.1) is 34.6 Å². The first kappa shape index (κ1) is 105. The maximum absolute atomic E-state index is 12.9. The average molecular weight is 2120 g/mol. The molecule has 0 radical (unpaired) electrons. The lowest BCUT2D eigenvalue weighted by atomic mass is 10.0. The van der Waals surface area contributed by atoms with Gasteiger partial charge in [0.05, 0.1) is 32.8 Å². The fraction of sp³-hybridized carbons (Fsp3) is 0.168. The van der Waals surface area contributed by atoms with Crippen molar-refractivity contribution in [2.24, 2.45) is 0 Å². The molecule has 25 heteroatoms. The number of aromatic hydroxyl groups is 7. The van der Waals surface area contributed by atoms with Gasteiger partial charge in [0.25, 0.3) is 0 Å². The van der Waals surface area contributed by atoms with E-state index in [0.29, 0.717) is 87.4 Å². The van der Waals surface area contributed by atoms with E-state index in [9.17, 15) is 54.0 Å². The lowest BCUT2D eigenvalue weighted by molar-refractivity contribution is 0.100. The molecule has 19 rings (SSSR count). The zero-order chi connectivity index (χ0) is 103. The van der Waals surface area contributed by atoms with Crippen molar-refractivity contribution in [3.05, 3.63) is 426 Å². The first-order valence-corrected chi connectivity index (χ1v) is 48.9. The van der Waals surface area contributed by atoms with Crippen molar-refractivity contribution in [2.75, 3.05) is 36.0 Å². The molecule has 0 atom stereocenters. The van der Waals surface area contributed by atoms with Crippen molar-refractivity contribution in [2.45, 2.75) is 107 Å². The minimum Gasteiger partial charge on any atom is -0.507 e. The Bertz CT molecular complexity index is 7600. The van der Waals surface area contributed by atoms with Crippen LogP contribution in [0.3, 0.4) is 0 Å². The molecule has 734 valence electrons. The first-order chi connectivity index (χ1) is 69.4. The number of aryl methyl sites for hydroxylation is 4. The number of halogens is 3. The number of carbonyl (C=O) groups excluding carboxylic acids is 4. The van der Waals surface area contributed by atoms with E-state index in [-0.39, 0.29) is 73.0 Å². The van der Waals surface area contributed by atoms with Crippen LogP contribution in [0.25, 0.3) is 73.0 Å². The molecule has 2 aliphatic heterocycles. The standard InChI is InChI=1S/C28H27NO3.C23H17BrO3.C20H19NO4.C17H15BrO2.C16H16O3.C8H8O4.C7H5BrO/c1-20-10-15-24-25(30)18-26(22-11-13-23(14-12-22)29-16-6-3-7-17-29)32-28(24)27(20)31-19-21-8-4-2-5-9-21;1-15-7-12-19-20(25)13-21(17-8-10-18(24)11-9-17)27-23(19)22(15)26-14-16-5-3-2-4-6-16;22-16-9-8-15-17(23)12-18(25-20(15)19(16)24)13-4-6-14(7-5-13)21-10-2-1-3-11-21;1-11-3-9-15(17(20)12(11)2)16(19)10-6-13-4-7-14(18)8-5-13;1-11-8-9-14(12(2)17)15(18)16(11)19-10-13-6-4-3-5-7-13;1-4(9)5-2-3-6(10)8(12)7(5)11;8-7-3-1-6(5-9)2-4-7/h2,4-5,8-15,18H,3,6-7,16-17,19H2,1H3;2-13H,14H2,1H3;4-9,12,22,24H,1-3,10-11H2;3-10,20H,1-2H3;3-9,18H,10H2,1-2H3;2-3,10-12H,1H3;1-5H. The van der Waals surface area contributed by atoms with Crippen molar-refractivity contribution in [3.8, 4) is 91.5 Å². The SMILES string of the molecule is CC(=O)c1ccc(C)c(OCc2ccccc2)c1O.CC(=O)c1ccc(O)c(O)c1O.Cc1ccc(C(=O)C=Cc2ccc(Br)cc2)c(O)c1C.Cc1ccc2c(=O)cc(-c3ccc(Br)cc3)oc2c1OCc1ccccc1.Cc1ccc2c(=O)cc(-c3ccc(N4CCCCC4)cc3)oc2c1OCc1ccccc1.O=Cc1ccc(Br)cc1.O=c1cc(-c2ccc(N3CCCCC3)cc2)oc2c(O)c(O)ccc12. The van der Waals surface area contributed by atoms with E-state index in [1.165, 1.54) is 94.5 Å². The van der Waals surface area contributed by atoms with E-state index in [1.807, 2.05) is 240 Å². The number of ketones is 3. The number of fused-ring (bicyclic) bond motifs is 3. The number of rotatable bonds is 20. The molecule has 3 aromatic heterocycles. The number of nitrogens with zero attached hydrogens (tertiary/aromatic N) is 2. The monoisotopic (exact) mass is 2120 g/mol. The Balaban J connectivity index is 0.000000145. The van der Waals surface area contributed by atoms with Gasteiger partial charge in [-0.2, -0.15) is 0 Å². The Labute approximate surface area is 858 Å². The Morgan fingerprint density at radius 3 is 1.10 bits per heavy atom. The summed E-state index contributed by atoms with van der Waals surface area (Å²) < 4.78 is 38.9. The van der Waals surface area contributed by atoms with Crippen LogP contribution in [-0.4, -0.2) is 85.6 Å². The largest absolute Gasteiger partial charge is 0.507 e. The van der Waals surface area contributed by atoms with Gasteiger partial charge in [0.15, 0.2) is 90.6 Å². The Morgan fingerprint density at radius 2 is 0.674 bits per heavy atom. The fourth-order valence-corrected chi connectivity index (χ4v) is 16.5. The van der Waals surface area contributed by atoms with Crippen LogP contribution in [0.15, 0.2) is 350 Å². The molecule has 0 saturated carbocycles. The van der Waals surface area contributed by atoms with Gasteiger partial charge in [-0.25, -0.2) is 0 Å². The van der Waals surface area contributed by atoms with Crippen LogP contribution < -0.4 is 40.3 Å². The van der Waals surface area contributed by atoms with Crippen molar-refractivity contribution < 1.29 is 82.4 Å². The van der Waals surface area contributed by atoms with Crippen LogP contribution in [0.4, 0.5) is 11.4 Å². The number of allylic oxidation sites excluding steroid dienone is 1. The van der Waals surface area contributed by atoms with Gasteiger partial charge in [-0.3, -0.25) is 33.6 Å². The van der Waals surface area contributed by atoms with Gasteiger partial charge < -0.3 is 73.0 Å². The van der Waals surface area contributed by atoms with Crippen LogP contribution in [0.2, 0.25) is 0 Å². The minimum absolute atomic E-state index is 0.00241. The number of aldehydes is 1. The highest BCUT2D eigenvalue weighted by molar-refractivity contribution is 9.11. The molecule has 2 saturated heterocycles.